The standard InChI is InChI=1S/C17H24N4O6/c1-3-26-15-10-13(18)14(21(24)25)9-12(15)16(22)19-11-5-7-20(8-6-11)17(23)27-4-2/h9-11H,3-8,18H2,1-2H3,(H,19,22). The molecule has 1 heterocycles. The van der Waals surface area contributed by atoms with E-state index in [-0.39, 0.29) is 41.4 Å². The van der Waals surface area contributed by atoms with E-state index in [1.54, 1.807) is 18.7 Å². The van der Waals surface area contributed by atoms with Gasteiger partial charge in [0.25, 0.3) is 11.6 Å². The van der Waals surface area contributed by atoms with Gasteiger partial charge in [-0.05, 0) is 26.7 Å². The molecule has 10 heteroatoms. The molecule has 10 nitrogen and oxygen atoms in total. The first kappa shape index (κ1) is 20.3. The summed E-state index contributed by atoms with van der Waals surface area (Å²) >= 11 is 0. The van der Waals surface area contributed by atoms with E-state index in [9.17, 15) is 19.7 Å². The number of likely N-dealkylation sites (tertiary alicyclic amines) is 1. The van der Waals surface area contributed by atoms with E-state index in [0.717, 1.165) is 6.07 Å². The fourth-order valence-corrected chi connectivity index (χ4v) is 2.88. The number of ether oxygens (including phenoxy) is 2. The summed E-state index contributed by atoms with van der Waals surface area (Å²) in [6, 6.07) is 2.26. The van der Waals surface area contributed by atoms with Crippen LogP contribution in [0.3, 0.4) is 0 Å². The average molecular weight is 380 g/mol. The lowest BCUT2D eigenvalue weighted by atomic mass is 10.0. The van der Waals surface area contributed by atoms with Crippen LogP contribution in [0.1, 0.15) is 37.0 Å². The van der Waals surface area contributed by atoms with Gasteiger partial charge in [-0.25, -0.2) is 4.79 Å². The van der Waals surface area contributed by atoms with Crippen LogP contribution in [0.4, 0.5) is 16.2 Å². The minimum Gasteiger partial charge on any atom is -0.493 e. The third-order valence-corrected chi connectivity index (χ3v) is 4.23. The number of nitrogens with zero attached hydrogens (tertiary/aromatic N) is 2. The summed E-state index contributed by atoms with van der Waals surface area (Å²) in [5.74, 6) is -0.279. The summed E-state index contributed by atoms with van der Waals surface area (Å²) in [6.45, 7) is 5.01. The lowest BCUT2D eigenvalue weighted by Crippen LogP contribution is -2.46. The topological polar surface area (TPSA) is 137 Å². The molecule has 1 aliphatic heterocycles. The molecule has 1 aliphatic rings. The number of rotatable bonds is 6. The number of anilines is 1. The van der Waals surface area contributed by atoms with Crippen molar-refractivity contribution in [3.05, 3.63) is 27.8 Å². The Balaban J connectivity index is 2.08. The number of amides is 2. The minimum atomic E-state index is -0.639. The van der Waals surface area contributed by atoms with Crippen molar-refractivity contribution < 1.29 is 24.0 Å². The summed E-state index contributed by atoms with van der Waals surface area (Å²) in [5, 5.41) is 14.0. The van der Waals surface area contributed by atoms with E-state index in [4.69, 9.17) is 15.2 Å². The van der Waals surface area contributed by atoms with Gasteiger partial charge >= 0.3 is 6.09 Å². The Morgan fingerprint density at radius 3 is 2.52 bits per heavy atom. The zero-order chi connectivity index (χ0) is 20.0. The smallest absolute Gasteiger partial charge is 0.409 e. The molecule has 1 fully saturated rings. The van der Waals surface area contributed by atoms with Crippen LogP contribution in [0.15, 0.2) is 12.1 Å². The molecular weight excluding hydrogens is 356 g/mol. The molecule has 1 aromatic carbocycles. The van der Waals surface area contributed by atoms with Crippen molar-refractivity contribution in [3.8, 4) is 5.75 Å². The van der Waals surface area contributed by atoms with E-state index < -0.39 is 10.8 Å². The van der Waals surface area contributed by atoms with E-state index in [2.05, 4.69) is 5.32 Å². The molecule has 0 aromatic heterocycles. The van der Waals surface area contributed by atoms with Gasteiger partial charge in [0.1, 0.15) is 11.4 Å². The molecule has 0 radical (unpaired) electrons. The molecule has 0 aliphatic carbocycles. The molecule has 2 rings (SSSR count). The van der Waals surface area contributed by atoms with E-state index in [1.807, 2.05) is 0 Å². The highest BCUT2D eigenvalue weighted by molar-refractivity contribution is 5.98. The SMILES string of the molecule is CCOC(=O)N1CCC(NC(=O)c2cc([N+](=O)[O-])c(N)cc2OCC)CC1. The van der Waals surface area contributed by atoms with E-state index >= 15 is 0 Å². The molecule has 0 saturated carbocycles. The molecule has 1 saturated heterocycles. The Bertz CT molecular complexity index is 716. The van der Waals surface area contributed by atoms with Crippen molar-refractivity contribution in [1.82, 2.24) is 10.2 Å². The number of nitro benzene ring substituents is 1. The lowest BCUT2D eigenvalue weighted by molar-refractivity contribution is -0.383. The van der Waals surface area contributed by atoms with Crippen molar-refractivity contribution in [3.63, 3.8) is 0 Å². The Kier molecular flexibility index (Phi) is 6.80. The molecule has 27 heavy (non-hydrogen) atoms. The van der Waals surface area contributed by atoms with Crippen LogP contribution < -0.4 is 15.8 Å². The van der Waals surface area contributed by atoms with Crippen LogP contribution in [0.5, 0.6) is 5.75 Å². The predicted molar refractivity (Wildman–Crippen MR) is 97.8 cm³/mol. The van der Waals surface area contributed by atoms with Crippen LogP contribution in [0, 0.1) is 10.1 Å². The number of hydrogen-bond acceptors (Lipinski definition) is 7. The van der Waals surface area contributed by atoms with Gasteiger partial charge in [0.2, 0.25) is 0 Å². The van der Waals surface area contributed by atoms with Crippen LogP contribution >= 0.6 is 0 Å². The number of hydrogen-bond donors (Lipinski definition) is 2. The average Bonchev–Trinajstić information content (AvgIpc) is 2.62. The molecule has 0 spiro atoms. The van der Waals surface area contributed by atoms with Gasteiger partial charge in [-0.3, -0.25) is 14.9 Å². The third-order valence-electron chi connectivity index (χ3n) is 4.23. The first-order valence-electron chi connectivity index (χ1n) is 8.80. The van der Waals surface area contributed by atoms with Crippen molar-refractivity contribution in [1.29, 1.82) is 0 Å². The van der Waals surface area contributed by atoms with Crippen molar-refractivity contribution in [2.75, 3.05) is 32.0 Å². The lowest BCUT2D eigenvalue weighted by Gasteiger charge is -2.31. The quantitative estimate of drug-likeness (QED) is 0.437. The maximum Gasteiger partial charge on any atom is 0.409 e. The Labute approximate surface area is 156 Å². The number of piperidine rings is 1. The summed E-state index contributed by atoms with van der Waals surface area (Å²) in [4.78, 5) is 36.4. The van der Waals surface area contributed by atoms with Crippen molar-refractivity contribution in [2.45, 2.75) is 32.7 Å². The van der Waals surface area contributed by atoms with Crippen molar-refractivity contribution in [2.24, 2.45) is 0 Å². The largest absolute Gasteiger partial charge is 0.493 e. The number of nitrogens with two attached hydrogens (primary N) is 1. The van der Waals surface area contributed by atoms with Crippen molar-refractivity contribution >= 4 is 23.4 Å². The highest BCUT2D eigenvalue weighted by Crippen LogP contribution is 2.31. The van der Waals surface area contributed by atoms with Gasteiger partial charge in [0.15, 0.2) is 0 Å². The number of carbonyl (C=O) groups is 2. The molecule has 0 unspecified atom stereocenters. The molecule has 0 atom stereocenters. The van der Waals surface area contributed by atoms with Crippen LogP contribution in [-0.4, -0.2) is 54.2 Å². The molecular formula is C17H24N4O6. The molecule has 0 bridgehead atoms. The summed E-state index contributed by atoms with van der Waals surface area (Å²) < 4.78 is 10.4. The Morgan fingerprint density at radius 1 is 1.30 bits per heavy atom. The van der Waals surface area contributed by atoms with Gasteiger partial charge in [-0.1, -0.05) is 0 Å². The maximum absolute atomic E-state index is 12.7. The first-order chi connectivity index (χ1) is 12.9. The number of benzene rings is 1. The van der Waals surface area contributed by atoms with E-state index in [1.165, 1.54) is 6.07 Å². The molecule has 2 amide bonds. The minimum absolute atomic E-state index is 0.0607. The summed E-state index contributed by atoms with van der Waals surface area (Å²) in [5.41, 5.74) is 5.32. The van der Waals surface area contributed by atoms with E-state index in [0.29, 0.717) is 32.5 Å². The van der Waals surface area contributed by atoms with Crippen LogP contribution in [0.2, 0.25) is 0 Å². The fraction of sp³-hybridized carbons (Fsp3) is 0.529. The molecule has 148 valence electrons. The molecule has 3 N–H and O–H groups in total. The number of nitrogens with one attached hydrogen (secondary N) is 1. The maximum atomic E-state index is 12.7. The third kappa shape index (κ3) is 4.99. The normalized spacial score (nSPS) is 14.5. The zero-order valence-corrected chi connectivity index (χ0v) is 15.4. The molecule has 1 aromatic rings. The highest BCUT2D eigenvalue weighted by Gasteiger charge is 2.27. The number of nitro groups is 1. The van der Waals surface area contributed by atoms with Crippen LogP contribution in [0.25, 0.3) is 0 Å². The predicted octanol–water partition coefficient (Wildman–Crippen LogP) is 1.93. The second kappa shape index (κ2) is 9.06. The highest BCUT2D eigenvalue weighted by atomic mass is 16.6. The van der Waals surface area contributed by atoms with Gasteiger partial charge < -0.3 is 25.4 Å². The fourth-order valence-electron chi connectivity index (χ4n) is 2.88. The summed E-state index contributed by atoms with van der Waals surface area (Å²) in [7, 11) is 0. The Hall–Kier alpha value is -3.04. The number of carbonyl (C=O) groups excluding carboxylic acids is 2. The monoisotopic (exact) mass is 380 g/mol. The Morgan fingerprint density at radius 2 is 1.96 bits per heavy atom. The second-order valence-corrected chi connectivity index (χ2v) is 6.03. The van der Waals surface area contributed by atoms with Crippen LogP contribution in [-0.2, 0) is 4.74 Å². The van der Waals surface area contributed by atoms with Gasteiger partial charge in [0, 0.05) is 31.3 Å². The second-order valence-electron chi connectivity index (χ2n) is 6.03. The number of nitrogen functional groups attached to an aromatic ring is 1. The van der Waals surface area contributed by atoms with Gasteiger partial charge in [0.05, 0.1) is 23.7 Å². The van der Waals surface area contributed by atoms with Gasteiger partial charge in [-0.15, -0.1) is 0 Å². The summed E-state index contributed by atoms with van der Waals surface area (Å²) in [6.07, 6.45) is 0.757. The first-order valence-corrected chi connectivity index (χ1v) is 8.80. The zero-order valence-electron chi connectivity index (χ0n) is 15.4. The van der Waals surface area contributed by atoms with Gasteiger partial charge in [-0.2, -0.15) is 0 Å².